The zero-order chi connectivity index (χ0) is 19.3. The number of sulfonamides is 1. The number of likely N-dealkylation sites (N-methyl/N-ethyl adjacent to an activating group) is 1. The lowest BCUT2D eigenvalue weighted by Crippen LogP contribution is -2.35. The lowest BCUT2D eigenvalue weighted by atomic mass is 10.3. The van der Waals surface area contributed by atoms with E-state index in [2.05, 4.69) is 5.32 Å². The standard InChI is InChI=1S/C17H18Cl2N2O4S/c1-3-25-16-9-8-14(10-15(16)19)26(23,24)21(2)11-17(22)20-13-6-4-12(18)5-7-13/h4-10H,3,11H2,1-2H3,(H,20,22). The first-order valence-corrected chi connectivity index (χ1v) is 9.87. The molecule has 2 aromatic rings. The van der Waals surface area contributed by atoms with Gasteiger partial charge in [-0.25, -0.2) is 8.42 Å². The van der Waals surface area contributed by atoms with E-state index in [0.717, 1.165) is 4.31 Å². The molecule has 0 bridgehead atoms. The molecule has 0 unspecified atom stereocenters. The third-order valence-corrected chi connectivity index (χ3v) is 5.75. The second-order valence-corrected chi connectivity index (χ2v) is 8.23. The van der Waals surface area contributed by atoms with Crippen LogP contribution in [0.5, 0.6) is 5.75 Å². The number of nitrogens with one attached hydrogen (secondary N) is 1. The van der Waals surface area contributed by atoms with Crippen LogP contribution in [-0.2, 0) is 14.8 Å². The Hall–Kier alpha value is -1.80. The molecule has 0 aliphatic rings. The lowest BCUT2D eigenvalue weighted by molar-refractivity contribution is -0.116. The van der Waals surface area contributed by atoms with Gasteiger partial charge < -0.3 is 10.1 Å². The summed E-state index contributed by atoms with van der Waals surface area (Å²) in [4.78, 5) is 12.1. The number of benzene rings is 2. The van der Waals surface area contributed by atoms with Gasteiger partial charge in [-0.1, -0.05) is 23.2 Å². The molecule has 0 saturated heterocycles. The molecule has 0 radical (unpaired) electrons. The van der Waals surface area contributed by atoms with Crippen molar-refractivity contribution in [3.63, 3.8) is 0 Å². The van der Waals surface area contributed by atoms with Crippen molar-refractivity contribution in [1.29, 1.82) is 0 Å². The van der Waals surface area contributed by atoms with Gasteiger partial charge in [0.05, 0.1) is 23.1 Å². The number of carbonyl (C=O) groups excluding carboxylic acids is 1. The minimum Gasteiger partial charge on any atom is -0.492 e. The van der Waals surface area contributed by atoms with Gasteiger partial charge in [-0.15, -0.1) is 0 Å². The summed E-state index contributed by atoms with van der Waals surface area (Å²) in [7, 11) is -2.56. The topological polar surface area (TPSA) is 75.7 Å². The zero-order valence-corrected chi connectivity index (χ0v) is 16.5. The largest absolute Gasteiger partial charge is 0.492 e. The van der Waals surface area contributed by atoms with E-state index in [-0.39, 0.29) is 16.5 Å². The van der Waals surface area contributed by atoms with Crippen molar-refractivity contribution in [3.8, 4) is 5.75 Å². The van der Waals surface area contributed by atoms with E-state index in [1.54, 1.807) is 31.2 Å². The first-order chi connectivity index (χ1) is 12.2. The van der Waals surface area contributed by atoms with Crippen molar-refractivity contribution in [3.05, 3.63) is 52.5 Å². The Bertz CT molecular complexity index is 886. The van der Waals surface area contributed by atoms with Crippen LogP contribution in [0.4, 0.5) is 5.69 Å². The van der Waals surface area contributed by atoms with Crippen LogP contribution in [0.25, 0.3) is 0 Å². The van der Waals surface area contributed by atoms with Gasteiger partial charge in [0.25, 0.3) is 0 Å². The van der Waals surface area contributed by atoms with E-state index in [1.165, 1.54) is 25.2 Å². The second-order valence-electron chi connectivity index (χ2n) is 5.34. The van der Waals surface area contributed by atoms with Crippen molar-refractivity contribution >= 4 is 44.8 Å². The molecule has 0 fully saturated rings. The Kier molecular flexibility index (Phi) is 6.88. The van der Waals surface area contributed by atoms with E-state index in [9.17, 15) is 13.2 Å². The zero-order valence-electron chi connectivity index (χ0n) is 14.2. The predicted octanol–water partition coefficient (Wildman–Crippen LogP) is 3.65. The fourth-order valence-electron chi connectivity index (χ4n) is 2.12. The molecule has 0 atom stereocenters. The summed E-state index contributed by atoms with van der Waals surface area (Å²) in [6.07, 6.45) is 0. The van der Waals surface area contributed by atoms with Crippen molar-refractivity contribution in [2.24, 2.45) is 0 Å². The molecule has 0 aliphatic heterocycles. The fraction of sp³-hybridized carbons (Fsp3) is 0.235. The van der Waals surface area contributed by atoms with Crippen LogP contribution in [0, 0.1) is 0 Å². The molecule has 1 N–H and O–H groups in total. The fourth-order valence-corrected chi connectivity index (χ4v) is 3.70. The molecule has 6 nitrogen and oxygen atoms in total. The van der Waals surface area contributed by atoms with E-state index in [4.69, 9.17) is 27.9 Å². The Morgan fingerprint density at radius 1 is 1.15 bits per heavy atom. The summed E-state index contributed by atoms with van der Waals surface area (Å²) in [5.41, 5.74) is 0.523. The maximum absolute atomic E-state index is 12.6. The van der Waals surface area contributed by atoms with Gasteiger partial charge in [0.15, 0.2) is 0 Å². The highest BCUT2D eigenvalue weighted by molar-refractivity contribution is 7.89. The molecule has 0 heterocycles. The number of anilines is 1. The second kappa shape index (κ2) is 8.73. The Labute approximate surface area is 162 Å². The summed E-state index contributed by atoms with van der Waals surface area (Å²) >= 11 is 11.8. The third-order valence-electron chi connectivity index (χ3n) is 3.41. The van der Waals surface area contributed by atoms with Gasteiger partial charge in [0.1, 0.15) is 5.75 Å². The minimum atomic E-state index is -3.88. The molecule has 1 amide bonds. The van der Waals surface area contributed by atoms with E-state index < -0.39 is 15.9 Å². The van der Waals surface area contributed by atoms with Gasteiger partial charge in [-0.3, -0.25) is 4.79 Å². The van der Waals surface area contributed by atoms with Crippen LogP contribution in [0.1, 0.15) is 6.92 Å². The van der Waals surface area contributed by atoms with E-state index >= 15 is 0 Å². The average Bonchev–Trinajstić information content (AvgIpc) is 2.58. The third kappa shape index (κ3) is 5.11. The van der Waals surface area contributed by atoms with Crippen LogP contribution in [0.15, 0.2) is 47.4 Å². The predicted molar refractivity (Wildman–Crippen MR) is 103 cm³/mol. The molecule has 140 valence electrons. The van der Waals surface area contributed by atoms with Gasteiger partial charge in [-0.05, 0) is 49.4 Å². The SMILES string of the molecule is CCOc1ccc(S(=O)(=O)N(C)CC(=O)Nc2ccc(Cl)cc2)cc1Cl. The number of hydrogen-bond donors (Lipinski definition) is 1. The lowest BCUT2D eigenvalue weighted by Gasteiger charge is -2.17. The number of ether oxygens (including phenoxy) is 1. The Morgan fingerprint density at radius 3 is 2.38 bits per heavy atom. The molecule has 26 heavy (non-hydrogen) atoms. The van der Waals surface area contributed by atoms with Crippen molar-refractivity contribution in [1.82, 2.24) is 4.31 Å². The molecule has 0 aliphatic carbocycles. The molecule has 2 aromatic carbocycles. The molecule has 0 spiro atoms. The van der Waals surface area contributed by atoms with Crippen LogP contribution in [-0.4, -0.2) is 38.8 Å². The minimum absolute atomic E-state index is 0.0206. The summed E-state index contributed by atoms with van der Waals surface area (Å²) in [6, 6.07) is 10.7. The van der Waals surface area contributed by atoms with Crippen LogP contribution >= 0.6 is 23.2 Å². The van der Waals surface area contributed by atoms with Gasteiger partial charge in [-0.2, -0.15) is 4.31 Å². The van der Waals surface area contributed by atoms with E-state index in [1.807, 2.05) is 0 Å². The highest BCUT2D eigenvalue weighted by Crippen LogP contribution is 2.28. The first-order valence-electron chi connectivity index (χ1n) is 7.68. The molecular formula is C17H18Cl2N2O4S. The first kappa shape index (κ1) is 20.5. The molecule has 2 rings (SSSR count). The number of hydrogen-bond acceptors (Lipinski definition) is 4. The maximum Gasteiger partial charge on any atom is 0.243 e. The van der Waals surface area contributed by atoms with Crippen molar-refractivity contribution < 1.29 is 17.9 Å². The van der Waals surface area contributed by atoms with Crippen LogP contribution in [0.2, 0.25) is 10.0 Å². The van der Waals surface area contributed by atoms with E-state index in [0.29, 0.717) is 23.1 Å². The number of amides is 1. The highest BCUT2D eigenvalue weighted by atomic mass is 35.5. The summed E-state index contributed by atoms with van der Waals surface area (Å²) < 4.78 is 31.5. The van der Waals surface area contributed by atoms with Gasteiger partial charge in [0.2, 0.25) is 15.9 Å². The van der Waals surface area contributed by atoms with Crippen molar-refractivity contribution in [2.45, 2.75) is 11.8 Å². The monoisotopic (exact) mass is 416 g/mol. The number of halogens is 2. The average molecular weight is 417 g/mol. The molecule has 0 saturated carbocycles. The van der Waals surface area contributed by atoms with Crippen molar-refractivity contribution in [2.75, 3.05) is 25.5 Å². The van der Waals surface area contributed by atoms with Gasteiger partial charge >= 0.3 is 0 Å². The Morgan fingerprint density at radius 2 is 1.81 bits per heavy atom. The normalized spacial score (nSPS) is 11.4. The molecule has 0 aromatic heterocycles. The summed E-state index contributed by atoms with van der Waals surface area (Å²) in [5.74, 6) is -0.0771. The summed E-state index contributed by atoms with van der Waals surface area (Å²) in [5, 5.41) is 3.34. The maximum atomic E-state index is 12.6. The molecular weight excluding hydrogens is 399 g/mol. The number of rotatable bonds is 7. The number of carbonyl (C=O) groups is 1. The number of nitrogens with zero attached hydrogens (tertiary/aromatic N) is 1. The Balaban J connectivity index is 2.09. The van der Waals surface area contributed by atoms with Gasteiger partial charge in [0, 0.05) is 17.8 Å². The van der Waals surface area contributed by atoms with Crippen LogP contribution in [0.3, 0.4) is 0 Å². The quantitative estimate of drug-likeness (QED) is 0.746. The summed E-state index contributed by atoms with van der Waals surface area (Å²) in [6.45, 7) is 1.86. The highest BCUT2D eigenvalue weighted by Gasteiger charge is 2.24. The molecule has 9 heteroatoms. The van der Waals surface area contributed by atoms with Crippen LogP contribution < -0.4 is 10.1 Å². The smallest absolute Gasteiger partial charge is 0.243 e.